The van der Waals surface area contributed by atoms with Crippen molar-refractivity contribution in [1.82, 2.24) is 0 Å². The van der Waals surface area contributed by atoms with E-state index in [1.165, 1.54) is 25.7 Å². The Hall–Kier alpha value is -0.330. The van der Waals surface area contributed by atoms with Gasteiger partial charge in [0.15, 0.2) is 0 Å². The van der Waals surface area contributed by atoms with Crippen LogP contribution in [0.1, 0.15) is 59.8 Å². The molecule has 0 aliphatic heterocycles. The molecule has 0 radical (unpaired) electrons. The van der Waals surface area contributed by atoms with E-state index in [2.05, 4.69) is 0 Å². The van der Waals surface area contributed by atoms with Gasteiger partial charge in [0.25, 0.3) is 0 Å². The number of Topliss-reactive ketones (excluding diaryl/α,β-unsaturated/α-hetero) is 1. The number of carbonyl (C=O) groups excluding carboxylic acids is 1. The molecule has 0 aromatic carbocycles. The number of carbonyl (C=O) groups is 1. The monoisotopic (exact) mass is 184 g/mol. The number of ketones is 1. The summed E-state index contributed by atoms with van der Waals surface area (Å²) in [7, 11) is 0. The van der Waals surface area contributed by atoms with Gasteiger partial charge in [-0.25, -0.2) is 0 Å². The molecule has 0 amide bonds. The first-order valence-corrected chi connectivity index (χ1v) is 5.65. The van der Waals surface area contributed by atoms with E-state index >= 15 is 0 Å². The summed E-state index contributed by atoms with van der Waals surface area (Å²) in [6.07, 6.45) is 7.82. The van der Waals surface area contributed by atoms with Crippen LogP contribution in [0.2, 0.25) is 0 Å². The van der Waals surface area contributed by atoms with Crippen molar-refractivity contribution in [2.75, 3.05) is 0 Å². The Bertz CT molecular complexity index is 118. The Morgan fingerprint density at radius 3 is 1.23 bits per heavy atom. The highest BCUT2D eigenvalue weighted by atomic mass is 16.1. The maximum atomic E-state index is 9.44. The lowest BCUT2D eigenvalue weighted by atomic mass is 10.0. The van der Waals surface area contributed by atoms with Crippen LogP contribution in [0, 0.1) is 11.8 Å². The Kier molecular flexibility index (Phi) is 6.93. The number of rotatable bonds is 0. The highest BCUT2D eigenvalue weighted by molar-refractivity contribution is 5.72. The van der Waals surface area contributed by atoms with Crippen molar-refractivity contribution in [2.45, 2.75) is 59.8 Å². The van der Waals surface area contributed by atoms with Crippen LogP contribution in [0.5, 0.6) is 0 Å². The van der Waals surface area contributed by atoms with Crippen LogP contribution >= 0.6 is 0 Å². The predicted octanol–water partition coefficient (Wildman–Crippen LogP) is 3.82. The second-order valence-electron chi connectivity index (χ2n) is 4.03. The zero-order valence-corrected chi connectivity index (χ0v) is 9.60. The third-order valence-electron chi connectivity index (χ3n) is 2.63. The maximum Gasteiger partial charge on any atom is 0.126 e. The van der Waals surface area contributed by atoms with Gasteiger partial charge in [0.05, 0.1) is 0 Å². The molecule has 0 saturated heterocycles. The Morgan fingerprint density at radius 2 is 1.15 bits per heavy atom. The second kappa shape index (κ2) is 7.11. The number of hydrogen-bond donors (Lipinski definition) is 0. The highest BCUT2D eigenvalue weighted by Gasteiger charge is 2.30. The summed E-state index contributed by atoms with van der Waals surface area (Å²) < 4.78 is 0. The van der Waals surface area contributed by atoms with Crippen LogP contribution in [-0.2, 0) is 4.79 Å². The molecular weight excluding hydrogens is 160 g/mol. The van der Waals surface area contributed by atoms with Crippen molar-refractivity contribution in [1.29, 1.82) is 0 Å². The quantitative estimate of drug-likeness (QED) is 0.559. The molecule has 0 spiro atoms. The topological polar surface area (TPSA) is 17.1 Å². The standard InChI is InChI=1S/C7H12.C3H6O.C2H6/c1-2-7-4-3-6(1)5-7;1-3(2)4;1-2/h6-7H,1-5H2;1-2H3;1-2H3. The lowest BCUT2D eigenvalue weighted by Gasteiger charge is -2.05. The minimum atomic E-state index is 0.167. The first-order chi connectivity index (χ1) is 6.18. The summed E-state index contributed by atoms with van der Waals surface area (Å²) >= 11 is 0. The highest BCUT2D eigenvalue weighted by Crippen LogP contribution is 2.43. The Labute approximate surface area is 82.9 Å². The zero-order chi connectivity index (χ0) is 10.3. The molecule has 13 heavy (non-hydrogen) atoms. The van der Waals surface area contributed by atoms with Crippen molar-refractivity contribution in [3.8, 4) is 0 Å². The van der Waals surface area contributed by atoms with Gasteiger partial charge in [0.2, 0.25) is 0 Å². The first kappa shape index (κ1) is 12.7. The van der Waals surface area contributed by atoms with Gasteiger partial charge in [0.1, 0.15) is 5.78 Å². The molecule has 2 bridgehead atoms. The van der Waals surface area contributed by atoms with Crippen LogP contribution in [0.15, 0.2) is 0 Å². The molecule has 78 valence electrons. The van der Waals surface area contributed by atoms with Gasteiger partial charge in [-0.05, 0) is 32.1 Å². The van der Waals surface area contributed by atoms with Gasteiger partial charge in [-0.2, -0.15) is 0 Å². The number of fused-ring (bicyclic) bond motifs is 2. The van der Waals surface area contributed by atoms with Gasteiger partial charge in [-0.3, -0.25) is 0 Å². The maximum absolute atomic E-state index is 9.44. The largest absolute Gasteiger partial charge is 0.300 e. The first-order valence-electron chi connectivity index (χ1n) is 5.65. The summed E-state index contributed by atoms with van der Waals surface area (Å²) in [5.74, 6) is 2.51. The van der Waals surface area contributed by atoms with Crippen LogP contribution in [-0.4, -0.2) is 5.78 Å². The van der Waals surface area contributed by atoms with E-state index in [1.807, 2.05) is 13.8 Å². The molecular formula is C12H24O. The van der Waals surface area contributed by atoms with Crippen molar-refractivity contribution in [2.24, 2.45) is 11.8 Å². The average Bonchev–Trinajstić information content (AvgIpc) is 2.69. The Morgan fingerprint density at radius 1 is 0.923 bits per heavy atom. The van der Waals surface area contributed by atoms with E-state index < -0.39 is 0 Å². The second-order valence-corrected chi connectivity index (χ2v) is 4.03. The van der Waals surface area contributed by atoms with Gasteiger partial charge in [-0.1, -0.05) is 39.5 Å². The summed E-state index contributed by atoms with van der Waals surface area (Å²) in [5, 5.41) is 0. The molecule has 2 aliphatic carbocycles. The fourth-order valence-corrected chi connectivity index (χ4v) is 2.17. The molecule has 0 atom stereocenters. The van der Waals surface area contributed by atoms with Crippen molar-refractivity contribution in [3.05, 3.63) is 0 Å². The SMILES string of the molecule is C1CC2CCC1C2.CC.CC(C)=O. The van der Waals surface area contributed by atoms with E-state index in [4.69, 9.17) is 0 Å². The van der Waals surface area contributed by atoms with Crippen molar-refractivity contribution < 1.29 is 4.79 Å². The minimum Gasteiger partial charge on any atom is -0.300 e. The summed E-state index contributed by atoms with van der Waals surface area (Å²) in [5.41, 5.74) is 0. The molecule has 0 aromatic heterocycles. The van der Waals surface area contributed by atoms with Gasteiger partial charge >= 0.3 is 0 Å². The van der Waals surface area contributed by atoms with Crippen molar-refractivity contribution in [3.63, 3.8) is 0 Å². The Balaban J connectivity index is 0.000000211. The van der Waals surface area contributed by atoms with Crippen LogP contribution in [0.4, 0.5) is 0 Å². The van der Waals surface area contributed by atoms with Gasteiger partial charge in [0, 0.05) is 0 Å². The average molecular weight is 184 g/mol. The molecule has 1 heteroatoms. The molecule has 2 fully saturated rings. The van der Waals surface area contributed by atoms with Crippen molar-refractivity contribution >= 4 is 5.78 Å². The van der Waals surface area contributed by atoms with E-state index in [9.17, 15) is 4.79 Å². The van der Waals surface area contributed by atoms with Crippen LogP contribution in [0.25, 0.3) is 0 Å². The molecule has 0 unspecified atom stereocenters. The summed E-state index contributed by atoms with van der Waals surface area (Å²) in [6.45, 7) is 7.06. The zero-order valence-electron chi connectivity index (χ0n) is 9.60. The third kappa shape index (κ3) is 5.84. The lowest BCUT2D eigenvalue weighted by molar-refractivity contribution is -0.114. The third-order valence-corrected chi connectivity index (χ3v) is 2.63. The molecule has 2 aliphatic rings. The molecule has 0 aromatic rings. The van der Waals surface area contributed by atoms with Gasteiger partial charge in [-0.15, -0.1) is 0 Å². The van der Waals surface area contributed by atoms with Gasteiger partial charge < -0.3 is 4.79 Å². The predicted molar refractivity (Wildman–Crippen MR) is 57.8 cm³/mol. The smallest absolute Gasteiger partial charge is 0.126 e. The normalized spacial score (nSPS) is 28.3. The van der Waals surface area contributed by atoms with E-state index in [-0.39, 0.29) is 5.78 Å². The summed E-state index contributed by atoms with van der Waals surface area (Å²) in [4.78, 5) is 9.44. The molecule has 2 rings (SSSR count). The van der Waals surface area contributed by atoms with E-state index in [1.54, 1.807) is 32.1 Å². The fraction of sp³-hybridized carbons (Fsp3) is 0.917. The lowest BCUT2D eigenvalue weighted by Crippen LogP contribution is -1.90. The number of hydrogen-bond acceptors (Lipinski definition) is 1. The fourth-order valence-electron chi connectivity index (χ4n) is 2.17. The molecule has 0 N–H and O–H groups in total. The van der Waals surface area contributed by atoms with E-state index in [0.717, 1.165) is 0 Å². The minimum absolute atomic E-state index is 0.167. The van der Waals surface area contributed by atoms with Crippen LogP contribution < -0.4 is 0 Å². The molecule has 1 nitrogen and oxygen atoms in total. The van der Waals surface area contributed by atoms with Crippen LogP contribution in [0.3, 0.4) is 0 Å². The molecule has 0 heterocycles. The summed E-state index contributed by atoms with van der Waals surface area (Å²) in [6, 6.07) is 0. The molecule has 2 saturated carbocycles. The van der Waals surface area contributed by atoms with E-state index in [0.29, 0.717) is 0 Å².